The fraction of sp³-hybridized carbons (Fsp3) is 0.222. The second kappa shape index (κ2) is 4.79. The summed E-state index contributed by atoms with van der Waals surface area (Å²) in [4.78, 5) is 11.1. The molecule has 0 unspecified atom stereocenters. The topological polar surface area (TPSA) is 26.3 Å². The Morgan fingerprint density at radius 2 is 2.00 bits per heavy atom. The maximum Gasteiger partial charge on any atom is 0.573 e. The van der Waals surface area contributed by atoms with E-state index in [1.54, 1.807) is 22.6 Å². The molecule has 16 heavy (non-hydrogen) atoms. The van der Waals surface area contributed by atoms with Crippen LogP contribution in [0.4, 0.5) is 13.2 Å². The summed E-state index contributed by atoms with van der Waals surface area (Å²) in [5.41, 5.74) is 0.104. The zero-order valence-electron chi connectivity index (χ0n) is 7.86. The van der Waals surface area contributed by atoms with Gasteiger partial charge in [0.05, 0.1) is 5.02 Å². The molecule has 7 heteroatoms. The third-order valence-electron chi connectivity index (χ3n) is 1.61. The molecule has 88 valence electrons. The van der Waals surface area contributed by atoms with Crippen LogP contribution in [-0.2, 0) is 0 Å². The molecule has 0 aliphatic heterocycles. The lowest BCUT2D eigenvalue weighted by Gasteiger charge is -2.11. The molecule has 0 saturated heterocycles. The van der Waals surface area contributed by atoms with Gasteiger partial charge in [0.15, 0.2) is 5.78 Å². The quantitative estimate of drug-likeness (QED) is 0.585. The first-order valence-corrected chi connectivity index (χ1v) is 5.42. The summed E-state index contributed by atoms with van der Waals surface area (Å²) < 4.78 is 40.0. The van der Waals surface area contributed by atoms with Gasteiger partial charge in [-0.15, -0.1) is 13.2 Å². The van der Waals surface area contributed by atoms with E-state index in [4.69, 9.17) is 11.6 Å². The van der Waals surface area contributed by atoms with E-state index in [9.17, 15) is 18.0 Å². The van der Waals surface area contributed by atoms with E-state index in [0.717, 1.165) is 12.1 Å². The van der Waals surface area contributed by atoms with Crippen LogP contribution < -0.4 is 4.74 Å². The highest BCUT2D eigenvalue weighted by molar-refractivity contribution is 14.1. The number of hydrogen-bond donors (Lipinski definition) is 0. The van der Waals surface area contributed by atoms with Crippen molar-refractivity contribution in [3.05, 3.63) is 26.3 Å². The number of carbonyl (C=O) groups excluding carboxylic acids is 1. The lowest BCUT2D eigenvalue weighted by atomic mass is 10.1. The Hall–Kier alpha value is -0.500. The predicted octanol–water partition coefficient (Wildman–Crippen LogP) is 4.05. The molecule has 0 bridgehead atoms. The van der Waals surface area contributed by atoms with Crippen LogP contribution in [0, 0.1) is 3.57 Å². The minimum atomic E-state index is -4.80. The number of carbonyl (C=O) groups is 1. The van der Waals surface area contributed by atoms with E-state index < -0.39 is 12.1 Å². The highest BCUT2D eigenvalue weighted by Crippen LogP contribution is 2.31. The van der Waals surface area contributed by atoms with Gasteiger partial charge in [-0.25, -0.2) is 0 Å². The molecular weight excluding hydrogens is 359 g/mol. The van der Waals surface area contributed by atoms with E-state index in [1.165, 1.54) is 6.92 Å². The number of benzene rings is 1. The highest BCUT2D eigenvalue weighted by Gasteiger charge is 2.31. The number of ketones is 1. The van der Waals surface area contributed by atoms with Crippen molar-refractivity contribution in [1.29, 1.82) is 0 Å². The largest absolute Gasteiger partial charge is 0.573 e. The SMILES string of the molecule is CC(=O)c1cc(OC(F)(F)F)cc(Cl)c1I. The molecule has 0 aliphatic rings. The Kier molecular flexibility index (Phi) is 4.06. The second-order valence-corrected chi connectivity index (χ2v) is 4.36. The first-order chi connectivity index (χ1) is 7.20. The summed E-state index contributed by atoms with van der Waals surface area (Å²) in [5.74, 6) is -0.873. The molecule has 0 aliphatic carbocycles. The van der Waals surface area contributed by atoms with Crippen molar-refractivity contribution in [1.82, 2.24) is 0 Å². The monoisotopic (exact) mass is 364 g/mol. The van der Waals surface area contributed by atoms with Gasteiger partial charge in [0.2, 0.25) is 0 Å². The average molecular weight is 364 g/mol. The Balaban J connectivity index is 3.19. The Labute approximate surface area is 108 Å². The van der Waals surface area contributed by atoms with E-state index in [0.29, 0.717) is 3.57 Å². The van der Waals surface area contributed by atoms with Gasteiger partial charge in [0.25, 0.3) is 0 Å². The molecule has 0 fully saturated rings. The van der Waals surface area contributed by atoms with Crippen molar-refractivity contribution in [2.75, 3.05) is 0 Å². The van der Waals surface area contributed by atoms with Gasteiger partial charge in [-0.05, 0) is 35.6 Å². The summed E-state index contributed by atoms with van der Waals surface area (Å²) >= 11 is 7.47. The van der Waals surface area contributed by atoms with Crippen LogP contribution in [0.15, 0.2) is 12.1 Å². The molecule has 0 atom stereocenters. The first-order valence-electron chi connectivity index (χ1n) is 3.96. The number of hydrogen-bond acceptors (Lipinski definition) is 2. The maximum atomic E-state index is 12.0. The number of halogens is 5. The van der Waals surface area contributed by atoms with Crippen LogP contribution in [-0.4, -0.2) is 12.1 Å². The molecular formula is C9H5ClF3IO2. The normalized spacial score (nSPS) is 11.4. The highest BCUT2D eigenvalue weighted by atomic mass is 127. The Bertz CT molecular complexity index is 431. The smallest absolute Gasteiger partial charge is 0.406 e. The van der Waals surface area contributed by atoms with Crippen molar-refractivity contribution >= 4 is 40.0 Å². The predicted molar refractivity (Wildman–Crippen MR) is 60.9 cm³/mol. The molecule has 0 heterocycles. The maximum absolute atomic E-state index is 12.0. The van der Waals surface area contributed by atoms with Crippen LogP contribution in [0.3, 0.4) is 0 Å². The number of ether oxygens (including phenoxy) is 1. The van der Waals surface area contributed by atoms with Crippen LogP contribution in [0.25, 0.3) is 0 Å². The average Bonchev–Trinajstić information content (AvgIpc) is 2.07. The fourth-order valence-electron chi connectivity index (χ4n) is 1.01. The summed E-state index contributed by atoms with van der Waals surface area (Å²) in [6.45, 7) is 1.24. The van der Waals surface area contributed by atoms with Crippen molar-refractivity contribution in [2.45, 2.75) is 13.3 Å². The molecule has 0 spiro atoms. The van der Waals surface area contributed by atoms with E-state index in [2.05, 4.69) is 4.74 Å². The summed E-state index contributed by atoms with van der Waals surface area (Å²) in [7, 11) is 0. The van der Waals surface area contributed by atoms with Gasteiger partial charge < -0.3 is 4.74 Å². The van der Waals surface area contributed by atoms with Crippen LogP contribution >= 0.6 is 34.2 Å². The molecule has 1 aromatic rings. The van der Waals surface area contributed by atoms with Crippen molar-refractivity contribution in [3.63, 3.8) is 0 Å². The fourth-order valence-corrected chi connectivity index (χ4v) is 1.91. The minimum Gasteiger partial charge on any atom is -0.406 e. The lowest BCUT2D eigenvalue weighted by Crippen LogP contribution is -2.17. The van der Waals surface area contributed by atoms with Gasteiger partial charge in [-0.2, -0.15) is 0 Å². The summed E-state index contributed by atoms with van der Waals surface area (Å²) in [6.07, 6.45) is -4.80. The van der Waals surface area contributed by atoms with Gasteiger partial charge >= 0.3 is 6.36 Å². The minimum absolute atomic E-state index is 0.0487. The summed E-state index contributed by atoms with van der Waals surface area (Å²) in [5, 5.41) is 0.0487. The zero-order chi connectivity index (χ0) is 12.5. The number of rotatable bonds is 2. The summed E-state index contributed by atoms with van der Waals surface area (Å²) in [6, 6.07) is 2.03. The molecule has 0 aromatic heterocycles. The van der Waals surface area contributed by atoms with Crippen LogP contribution in [0.2, 0.25) is 5.02 Å². The number of alkyl halides is 3. The molecule has 2 nitrogen and oxygen atoms in total. The molecule has 0 saturated carbocycles. The molecule has 1 aromatic carbocycles. The van der Waals surface area contributed by atoms with E-state index >= 15 is 0 Å². The molecule has 0 N–H and O–H groups in total. The van der Waals surface area contributed by atoms with Crippen LogP contribution in [0.5, 0.6) is 5.75 Å². The third-order valence-corrected chi connectivity index (χ3v) is 3.39. The van der Waals surface area contributed by atoms with Crippen LogP contribution in [0.1, 0.15) is 17.3 Å². The zero-order valence-corrected chi connectivity index (χ0v) is 10.8. The third kappa shape index (κ3) is 3.51. The van der Waals surface area contributed by atoms with Gasteiger partial charge in [-0.3, -0.25) is 4.79 Å². The van der Waals surface area contributed by atoms with Gasteiger partial charge in [0.1, 0.15) is 5.75 Å². The van der Waals surface area contributed by atoms with Crippen molar-refractivity contribution < 1.29 is 22.7 Å². The standard InChI is InChI=1S/C9H5ClF3IO2/c1-4(15)6-2-5(16-9(11,12)13)3-7(10)8(6)14/h2-3H,1H3. The molecule has 0 radical (unpaired) electrons. The molecule has 1 rings (SSSR count). The van der Waals surface area contributed by atoms with Crippen molar-refractivity contribution in [2.24, 2.45) is 0 Å². The Morgan fingerprint density at radius 1 is 1.44 bits per heavy atom. The van der Waals surface area contributed by atoms with Gasteiger partial charge in [-0.1, -0.05) is 11.6 Å². The second-order valence-electron chi connectivity index (χ2n) is 2.87. The number of Topliss-reactive ketones (excluding diaryl/α,β-unsaturated/α-hetero) is 1. The Morgan fingerprint density at radius 3 is 2.44 bits per heavy atom. The molecule has 0 amide bonds. The van der Waals surface area contributed by atoms with E-state index in [1.807, 2.05) is 0 Å². The van der Waals surface area contributed by atoms with Gasteiger partial charge in [0, 0.05) is 15.2 Å². The lowest BCUT2D eigenvalue weighted by molar-refractivity contribution is -0.274. The van der Waals surface area contributed by atoms with Crippen molar-refractivity contribution in [3.8, 4) is 5.75 Å². The van der Waals surface area contributed by atoms with E-state index in [-0.39, 0.29) is 16.4 Å². The first kappa shape index (κ1) is 13.6.